The van der Waals surface area contributed by atoms with Gasteiger partial charge in [0.2, 0.25) is 0 Å². The van der Waals surface area contributed by atoms with Crippen LogP contribution >= 0.6 is 0 Å². The molecule has 2 heteroatoms. The molecule has 2 aliphatic rings. The highest BCUT2D eigenvalue weighted by Gasteiger charge is 2.31. The number of hydrogen-bond donors (Lipinski definition) is 1. The van der Waals surface area contributed by atoms with E-state index in [0.717, 1.165) is 24.4 Å². The van der Waals surface area contributed by atoms with Gasteiger partial charge >= 0.3 is 0 Å². The molecule has 0 amide bonds. The topological polar surface area (TPSA) is 15.3 Å². The lowest BCUT2D eigenvalue weighted by Gasteiger charge is -2.23. The predicted molar refractivity (Wildman–Crippen MR) is 65.0 cm³/mol. The van der Waals surface area contributed by atoms with E-state index in [4.69, 9.17) is 0 Å². The van der Waals surface area contributed by atoms with Crippen molar-refractivity contribution in [3.8, 4) is 0 Å². The second-order valence-corrected chi connectivity index (χ2v) is 5.53. The van der Waals surface area contributed by atoms with Crippen LogP contribution in [-0.2, 0) is 0 Å². The van der Waals surface area contributed by atoms with Gasteiger partial charge < -0.3 is 10.2 Å². The Labute approximate surface area is 94.4 Å². The van der Waals surface area contributed by atoms with Crippen molar-refractivity contribution in [1.82, 2.24) is 10.2 Å². The maximum atomic E-state index is 3.48. The fourth-order valence-electron chi connectivity index (χ4n) is 3.22. The van der Waals surface area contributed by atoms with E-state index in [9.17, 15) is 0 Å². The first-order valence-electron chi connectivity index (χ1n) is 6.74. The van der Waals surface area contributed by atoms with E-state index < -0.39 is 0 Å². The lowest BCUT2D eigenvalue weighted by molar-refractivity contribution is 0.232. The summed E-state index contributed by atoms with van der Waals surface area (Å²) in [5.74, 6) is 1.89. The minimum absolute atomic E-state index is 0.917. The molecule has 2 fully saturated rings. The summed E-state index contributed by atoms with van der Waals surface area (Å²) in [7, 11) is 0. The van der Waals surface area contributed by atoms with Crippen LogP contribution in [0.5, 0.6) is 0 Å². The molecule has 88 valence electrons. The zero-order valence-electron chi connectivity index (χ0n) is 10.3. The van der Waals surface area contributed by atoms with Gasteiger partial charge in [-0.05, 0) is 57.2 Å². The lowest BCUT2D eigenvalue weighted by atomic mass is 10.1. The molecule has 2 rings (SSSR count). The third-order valence-corrected chi connectivity index (χ3v) is 4.18. The van der Waals surface area contributed by atoms with E-state index in [0.29, 0.717) is 0 Å². The maximum absolute atomic E-state index is 3.48. The van der Waals surface area contributed by atoms with Gasteiger partial charge in [-0.3, -0.25) is 0 Å². The van der Waals surface area contributed by atoms with Crippen molar-refractivity contribution < 1.29 is 0 Å². The largest absolute Gasteiger partial charge is 0.317 e. The molecule has 1 heterocycles. The van der Waals surface area contributed by atoms with E-state index in [1.165, 1.54) is 45.3 Å². The third kappa shape index (κ3) is 2.94. The Balaban J connectivity index is 1.72. The second-order valence-electron chi connectivity index (χ2n) is 5.53. The molecule has 1 N–H and O–H groups in total. The van der Waals surface area contributed by atoms with E-state index in [1.807, 2.05) is 0 Å². The van der Waals surface area contributed by atoms with Crippen molar-refractivity contribution in [3.05, 3.63) is 0 Å². The van der Waals surface area contributed by atoms with Gasteiger partial charge in [0.05, 0.1) is 0 Å². The summed E-state index contributed by atoms with van der Waals surface area (Å²) in [5, 5.41) is 3.48. The molecule has 0 bridgehead atoms. The van der Waals surface area contributed by atoms with Gasteiger partial charge in [-0.15, -0.1) is 0 Å². The molecule has 0 aromatic heterocycles. The number of hydrogen-bond acceptors (Lipinski definition) is 2. The Hall–Kier alpha value is -0.0800. The van der Waals surface area contributed by atoms with Crippen molar-refractivity contribution in [3.63, 3.8) is 0 Å². The van der Waals surface area contributed by atoms with Gasteiger partial charge in [0.1, 0.15) is 0 Å². The summed E-state index contributed by atoms with van der Waals surface area (Å²) in [6.45, 7) is 9.67. The average molecular weight is 210 g/mol. The van der Waals surface area contributed by atoms with Gasteiger partial charge in [0.15, 0.2) is 0 Å². The second kappa shape index (κ2) is 5.31. The van der Waals surface area contributed by atoms with Crippen LogP contribution in [-0.4, -0.2) is 37.1 Å². The number of likely N-dealkylation sites (tertiary alicyclic amines) is 1. The lowest BCUT2D eigenvalue weighted by Crippen LogP contribution is -2.32. The average Bonchev–Trinajstić information content (AvgIpc) is 2.83. The fraction of sp³-hybridized carbons (Fsp3) is 1.00. The molecular formula is C13H26N2. The zero-order valence-corrected chi connectivity index (χ0v) is 10.3. The molecule has 1 aliphatic carbocycles. The molecule has 1 aliphatic heterocycles. The summed E-state index contributed by atoms with van der Waals surface area (Å²) in [4.78, 5) is 2.76. The van der Waals surface area contributed by atoms with Crippen LogP contribution in [0.15, 0.2) is 0 Å². The summed E-state index contributed by atoms with van der Waals surface area (Å²) >= 11 is 0. The zero-order chi connectivity index (χ0) is 10.7. The van der Waals surface area contributed by atoms with Crippen LogP contribution in [0.4, 0.5) is 0 Å². The number of nitrogens with one attached hydrogen (secondary N) is 1. The van der Waals surface area contributed by atoms with Crippen LogP contribution in [0.1, 0.15) is 39.5 Å². The number of rotatable bonds is 4. The summed E-state index contributed by atoms with van der Waals surface area (Å²) in [6.07, 6.45) is 5.78. The molecule has 0 aromatic carbocycles. The van der Waals surface area contributed by atoms with E-state index in [2.05, 4.69) is 24.1 Å². The molecule has 3 unspecified atom stereocenters. The van der Waals surface area contributed by atoms with Gasteiger partial charge in [-0.25, -0.2) is 0 Å². The SMILES string of the molecule is CCNCC1CCN(C2CCC(C)C2)C1. The van der Waals surface area contributed by atoms with Crippen LogP contribution < -0.4 is 5.32 Å². The standard InChI is InChI=1S/C13H26N2/c1-3-14-9-12-6-7-15(10-12)13-5-4-11(2)8-13/h11-14H,3-10H2,1-2H3. The highest BCUT2D eigenvalue weighted by Crippen LogP contribution is 2.31. The monoisotopic (exact) mass is 210 g/mol. The predicted octanol–water partition coefficient (Wildman–Crippen LogP) is 2.11. The molecule has 2 nitrogen and oxygen atoms in total. The van der Waals surface area contributed by atoms with E-state index in [1.54, 1.807) is 0 Å². The molecule has 0 aromatic rings. The molecule has 1 saturated heterocycles. The highest BCUT2D eigenvalue weighted by molar-refractivity contribution is 4.86. The summed E-state index contributed by atoms with van der Waals surface area (Å²) < 4.78 is 0. The fourth-order valence-corrected chi connectivity index (χ4v) is 3.22. The normalized spacial score (nSPS) is 37.6. The van der Waals surface area contributed by atoms with Crippen molar-refractivity contribution in [2.75, 3.05) is 26.2 Å². The summed E-state index contributed by atoms with van der Waals surface area (Å²) in [6, 6.07) is 0.923. The van der Waals surface area contributed by atoms with Gasteiger partial charge in [-0.1, -0.05) is 13.8 Å². The molecule has 15 heavy (non-hydrogen) atoms. The van der Waals surface area contributed by atoms with Gasteiger partial charge in [0.25, 0.3) is 0 Å². The maximum Gasteiger partial charge on any atom is 0.00980 e. The molecule has 1 saturated carbocycles. The first kappa shape index (κ1) is 11.4. The van der Waals surface area contributed by atoms with Crippen molar-refractivity contribution in [1.29, 1.82) is 0 Å². The Morgan fingerprint density at radius 2 is 2.13 bits per heavy atom. The van der Waals surface area contributed by atoms with Crippen molar-refractivity contribution in [2.45, 2.75) is 45.6 Å². The number of nitrogens with zero attached hydrogens (tertiary/aromatic N) is 1. The highest BCUT2D eigenvalue weighted by atomic mass is 15.2. The van der Waals surface area contributed by atoms with Gasteiger partial charge in [0, 0.05) is 12.6 Å². The van der Waals surface area contributed by atoms with Crippen molar-refractivity contribution in [2.24, 2.45) is 11.8 Å². The van der Waals surface area contributed by atoms with E-state index >= 15 is 0 Å². The first-order chi connectivity index (χ1) is 7.29. The molecule has 0 radical (unpaired) electrons. The first-order valence-corrected chi connectivity index (χ1v) is 6.74. The van der Waals surface area contributed by atoms with Crippen LogP contribution in [0.3, 0.4) is 0 Å². The summed E-state index contributed by atoms with van der Waals surface area (Å²) in [5.41, 5.74) is 0. The minimum atomic E-state index is 0.917. The third-order valence-electron chi connectivity index (χ3n) is 4.18. The smallest absolute Gasteiger partial charge is 0.00980 e. The quantitative estimate of drug-likeness (QED) is 0.764. The molecule has 0 spiro atoms. The van der Waals surface area contributed by atoms with Crippen molar-refractivity contribution >= 4 is 0 Å². The Bertz CT molecular complexity index is 193. The Kier molecular flexibility index (Phi) is 4.04. The van der Waals surface area contributed by atoms with Crippen LogP contribution in [0, 0.1) is 11.8 Å². The van der Waals surface area contributed by atoms with Crippen LogP contribution in [0.2, 0.25) is 0 Å². The Morgan fingerprint density at radius 3 is 2.80 bits per heavy atom. The molecular weight excluding hydrogens is 184 g/mol. The van der Waals surface area contributed by atoms with Gasteiger partial charge in [-0.2, -0.15) is 0 Å². The van der Waals surface area contributed by atoms with Crippen LogP contribution in [0.25, 0.3) is 0 Å². The minimum Gasteiger partial charge on any atom is -0.317 e. The Morgan fingerprint density at radius 1 is 1.27 bits per heavy atom. The molecule has 3 atom stereocenters. The van der Waals surface area contributed by atoms with E-state index in [-0.39, 0.29) is 0 Å².